The Labute approximate surface area is 174 Å². The zero-order chi connectivity index (χ0) is 20.9. The summed E-state index contributed by atoms with van der Waals surface area (Å²) in [4.78, 5) is 9.00. The van der Waals surface area contributed by atoms with Gasteiger partial charge < -0.3 is 15.2 Å². The fourth-order valence-corrected chi connectivity index (χ4v) is 4.17. The topological polar surface area (TPSA) is 84.6 Å². The Morgan fingerprint density at radius 2 is 2.03 bits per heavy atom. The Hall–Kier alpha value is -3.19. The second-order valence-electron chi connectivity index (χ2n) is 8.54. The van der Waals surface area contributed by atoms with Gasteiger partial charge in [0, 0.05) is 29.4 Å². The monoisotopic (exact) mass is 403 g/mol. The molecule has 4 aromatic rings. The zero-order valence-corrected chi connectivity index (χ0v) is 17.3. The molecular formula is C23H25N5O2. The van der Waals surface area contributed by atoms with Crippen LogP contribution in [-0.4, -0.2) is 43.4 Å². The van der Waals surface area contributed by atoms with E-state index in [0.717, 1.165) is 40.4 Å². The van der Waals surface area contributed by atoms with Gasteiger partial charge >= 0.3 is 0 Å². The van der Waals surface area contributed by atoms with Crippen molar-refractivity contribution in [2.45, 2.75) is 38.3 Å². The average Bonchev–Trinajstić information content (AvgIpc) is 3.12. The molecule has 0 radical (unpaired) electrons. The number of benzene rings is 1. The predicted octanol–water partition coefficient (Wildman–Crippen LogP) is 3.91. The summed E-state index contributed by atoms with van der Waals surface area (Å²) in [5.74, 6) is 1.35. The number of anilines is 1. The molecule has 0 unspecified atom stereocenters. The van der Waals surface area contributed by atoms with Crippen LogP contribution in [0.2, 0.25) is 0 Å². The first-order valence-corrected chi connectivity index (χ1v) is 10.2. The Kier molecular flexibility index (Phi) is 4.36. The lowest BCUT2D eigenvalue weighted by Crippen LogP contribution is -2.46. The lowest BCUT2D eigenvalue weighted by Gasteiger charge is -2.42. The molecule has 1 saturated carbocycles. The van der Waals surface area contributed by atoms with Gasteiger partial charge in [-0.3, -0.25) is 4.98 Å². The van der Waals surface area contributed by atoms with Gasteiger partial charge in [0.05, 0.1) is 18.2 Å². The van der Waals surface area contributed by atoms with Gasteiger partial charge in [-0.15, -0.1) is 5.10 Å². The minimum atomic E-state index is -0.647. The molecule has 1 aliphatic carbocycles. The number of hydrogen-bond donors (Lipinski definition) is 2. The first-order valence-electron chi connectivity index (χ1n) is 10.2. The van der Waals surface area contributed by atoms with Crippen molar-refractivity contribution >= 4 is 22.4 Å². The molecular weight excluding hydrogens is 378 g/mol. The highest BCUT2D eigenvalue weighted by molar-refractivity contribution is 5.90. The largest absolute Gasteiger partial charge is 0.479 e. The first-order chi connectivity index (χ1) is 14.4. The Bertz CT molecular complexity index is 1220. The van der Waals surface area contributed by atoms with Crippen LogP contribution in [0.3, 0.4) is 0 Å². The van der Waals surface area contributed by atoms with Crippen molar-refractivity contribution in [3.05, 3.63) is 48.8 Å². The predicted molar refractivity (Wildman–Crippen MR) is 117 cm³/mol. The van der Waals surface area contributed by atoms with E-state index in [9.17, 15) is 5.11 Å². The van der Waals surface area contributed by atoms with Crippen molar-refractivity contribution in [2.24, 2.45) is 5.92 Å². The van der Waals surface area contributed by atoms with Crippen LogP contribution in [-0.2, 0) is 0 Å². The summed E-state index contributed by atoms with van der Waals surface area (Å²) in [6.45, 7) is 3.73. The van der Waals surface area contributed by atoms with E-state index in [0.29, 0.717) is 17.7 Å². The van der Waals surface area contributed by atoms with Crippen LogP contribution < -0.4 is 10.1 Å². The maximum Gasteiger partial charge on any atom is 0.244 e. The smallest absolute Gasteiger partial charge is 0.244 e. The molecule has 154 valence electrons. The number of methoxy groups -OCH3 is 1. The highest BCUT2D eigenvalue weighted by Gasteiger charge is 2.39. The summed E-state index contributed by atoms with van der Waals surface area (Å²) in [6, 6.07) is 12.5. The van der Waals surface area contributed by atoms with Crippen molar-refractivity contribution in [1.82, 2.24) is 19.6 Å². The molecule has 2 N–H and O–H groups in total. The van der Waals surface area contributed by atoms with Gasteiger partial charge in [-0.2, -0.15) is 4.98 Å². The lowest BCUT2D eigenvalue weighted by atomic mass is 9.71. The molecule has 1 aromatic carbocycles. The number of nitrogens with one attached hydrogen (secondary N) is 1. The number of hydrogen-bond acceptors (Lipinski definition) is 6. The second kappa shape index (κ2) is 6.95. The fraction of sp³-hybridized carbons (Fsp3) is 0.348. The summed E-state index contributed by atoms with van der Waals surface area (Å²) in [5, 5.41) is 19.2. The molecule has 5 rings (SSSR count). The van der Waals surface area contributed by atoms with Crippen molar-refractivity contribution in [3.63, 3.8) is 0 Å². The number of aromatic nitrogens is 4. The molecule has 0 spiro atoms. The molecule has 0 atom stereocenters. The molecule has 3 aromatic heterocycles. The van der Waals surface area contributed by atoms with Crippen molar-refractivity contribution < 1.29 is 9.84 Å². The van der Waals surface area contributed by atoms with Crippen LogP contribution in [0.15, 0.2) is 48.8 Å². The van der Waals surface area contributed by atoms with Gasteiger partial charge in [-0.1, -0.05) is 12.1 Å². The number of rotatable bonds is 5. The van der Waals surface area contributed by atoms with E-state index in [1.54, 1.807) is 13.3 Å². The summed E-state index contributed by atoms with van der Waals surface area (Å²) >= 11 is 0. The third-order valence-electron chi connectivity index (χ3n) is 6.06. The van der Waals surface area contributed by atoms with E-state index in [4.69, 9.17) is 4.74 Å². The Balaban J connectivity index is 1.47. The molecule has 0 saturated heterocycles. The molecule has 1 aliphatic rings. The van der Waals surface area contributed by atoms with Crippen molar-refractivity contribution in [1.29, 1.82) is 0 Å². The minimum Gasteiger partial charge on any atom is -0.479 e. The van der Waals surface area contributed by atoms with Crippen LogP contribution in [0.1, 0.15) is 26.7 Å². The molecule has 0 aliphatic heterocycles. The SMILES string of the molecule is COc1nc(N[C@H]2C[C@H](C(C)(C)O)C2)nn2ccc(-c3ccc4ncccc4c3)c12. The van der Waals surface area contributed by atoms with Crippen LogP contribution >= 0.6 is 0 Å². The van der Waals surface area contributed by atoms with E-state index in [2.05, 4.69) is 38.6 Å². The van der Waals surface area contributed by atoms with E-state index in [1.165, 1.54) is 0 Å². The normalized spacial score (nSPS) is 19.1. The van der Waals surface area contributed by atoms with Gasteiger partial charge in [-0.05, 0) is 62.4 Å². The van der Waals surface area contributed by atoms with E-state index >= 15 is 0 Å². The molecule has 30 heavy (non-hydrogen) atoms. The van der Waals surface area contributed by atoms with Gasteiger partial charge in [-0.25, -0.2) is 4.52 Å². The molecule has 0 bridgehead atoms. The Morgan fingerprint density at radius 3 is 2.80 bits per heavy atom. The summed E-state index contributed by atoms with van der Waals surface area (Å²) in [7, 11) is 1.63. The molecule has 7 heteroatoms. The summed E-state index contributed by atoms with van der Waals surface area (Å²) in [6.07, 6.45) is 5.52. The molecule has 0 amide bonds. The number of aliphatic hydroxyl groups is 1. The standard InChI is InChI=1S/C23H25N5O2/c1-23(2,29)16-12-17(13-16)25-22-26-21(30-3)20-18(8-10-28(20)27-22)14-6-7-19-15(11-14)5-4-9-24-19/h4-11,16-17,29H,12-13H2,1-3H3,(H,25,27)/t16-,17-. The van der Waals surface area contributed by atoms with Crippen LogP contribution in [0.25, 0.3) is 27.5 Å². The highest BCUT2D eigenvalue weighted by Crippen LogP contribution is 2.38. The third kappa shape index (κ3) is 3.25. The first kappa shape index (κ1) is 18.8. The van der Waals surface area contributed by atoms with Crippen LogP contribution in [0.4, 0.5) is 5.95 Å². The van der Waals surface area contributed by atoms with Gasteiger partial charge in [0.25, 0.3) is 0 Å². The maximum absolute atomic E-state index is 10.1. The second-order valence-corrected chi connectivity index (χ2v) is 8.54. The van der Waals surface area contributed by atoms with Gasteiger partial charge in [0.1, 0.15) is 5.52 Å². The average molecular weight is 403 g/mol. The summed E-state index contributed by atoms with van der Waals surface area (Å²) in [5.41, 5.74) is 3.21. The lowest BCUT2D eigenvalue weighted by molar-refractivity contribution is -0.0230. The molecule has 3 heterocycles. The Morgan fingerprint density at radius 1 is 1.20 bits per heavy atom. The van der Waals surface area contributed by atoms with Gasteiger partial charge in [0.15, 0.2) is 0 Å². The minimum absolute atomic E-state index is 0.256. The maximum atomic E-state index is 10.1. The van der Waals surface area contributed by atoms with Crippen LogP contribution in [0, 0.1) is 5.92 Å². The number of ether oxygens (including phenoxy) is 1. The van der Waals surface area contributed by atoms with E-state index in [-0.39, 0.29) is 6.04 Å². The van der Waals surface area contributed by atoms with E-state index in [1.807, 2.05) is 42.8 Å². The number of fused-ring (bicyclic) bond motifs is 2. The van der Waals surface area contributed by atoms with E-state index < -0.39 is 5.60 Å². The van der Waals surface area contributed by atoms with Gasteiger partial charge in [0.2, 0.25) is 11.8 Å². The quantitative estimate of drug-likeness (QED) is 0.526. The third-order valence-corrected chi connectivity index (χ3v) is 6.06. The fourth-order valence-electron chi connectivity index (χ4n) is 4.17. The molecule has 7 nitrogen and oxygen atoms in total. The number of pyridine rings is 1. The van der Waals surface area contributed by atoms with Crippen LogP contribution in [0.5, 0.6) is 5.88 Å². The molecule has 1 fully saturated rings. The van der Waals surface area contributed by atoms with Crippen molar-refractivity contribution in [3.8, 4) is 17.0 Å². The zero-order valence-electron chi connectivity index (χ0n) is 17.3. The highest BCUT2D eigenvalue weighted by atomic mass is 16.5. The number of nitrogens with zero attached hydrogens (tertiary/aromatic N) is 4. The summed E-state index contributed by atoms with van der Waals surface area (Å²) < 4.78 is 7.43. The van der Waals surface area contributed by atoms with Crippen molar-refractivity contribution in [2.75, 3.05) is 12.4 Å².